The number of nitrogens with one attached hydrogen (secondary N) is 1. The molecule has 0 atom stereocenters. The number of anilines is 1. The van der Waals surface area contributed by atoms with Gasteiger partial charge in [0.05, 0.1) is 5.69 Å². The molecule has 0 aliphatic heterocycles. The molecule has 7 heteroatoms. The second-order valence-electron chi connectivity index (χ2n) is 3.36. The van der Waals surface area contributed by atoms with Crippen molar-refractivity contribution < 1.29 is 4.39 Å². The molecule has 0 bridgehead atoms. The highest BCUT2D eigenvalue weighted by atomic mass is 79.9. The van der Waals surface area contributed by atoms with Crippen molar-refractivity contribution in [3.05, 3.63) is 37.7 Å². The summed E-state index contributed by atoms with van der Waals surface area (Å²) in [5.74, 6) is -0.579. The van der Waals surface area contributed by atoms with E-state index < -0.39 is 11.4 Å². The molecule has 0 aromatic heterocycles. The number of nitriles is 3. The molecule has 0 amide bonds. The van der Waals surface area contributed by atoms with Crippen molar-refractivity contribution in [2.24, 2.45) is 0 Å². The summed E-state index contributed by atoms with van der Waals surface area (Å²) in [6.45, 7) is 1.56. The highest BCUT2D eigenvalue weighted by Gasteiger charge is 2.16. The lowest BCUT2D eigenvalue weighted by Crippen LogP contribution is -2.05. The van der Waals surface area contributed by atoms with Crippen LogP contribution < -0.4 is 5.32 Å². The molecule has 1 aromatic rings. The van der Waals surface area contributed by atoms with E-state index >= 15 is 0 Å². The van der Waals surface area contributed by atoms with Gasteiger partial charge in [-0.05, 0) is 28.9 Å². The van der Waals surface area contributed by atoms with Crippen LogP contribution in [0.1, 0.15) is 5.56 Å². The van der Waals surface area contributed by atoms with Gasteiger partial charge in [0.15, 0.2) is 11.4 Å². The fourth-order valence-corrected chi connectivity index (χ4v) is 2.42. The molecule has 0 saturated carbocycles. The molecule has 4 nitrogen and oxygen atoms in total. The van der Waals surface area contributed by atoms with Gasteiger partial charge in [0.25, 0.3) is 0 Å². The summed E-state index contributed by atoms with van der Waals surface area (Å²) in [5.41, 5.74) is -0.362. The monoisotopic (exact) mass is 382 g/mol. The lowest BCUT2D eigenvalue weighted by molar-refractivity contribution is 0.620. The van der Waals surface area contributed by atoms with E-state index in [1.807, 2.05) is 0 Å². The first-order valence-electron chi connectivity index (χ1n) is 4.82. The molecule has 0 heterocycles. The maximum Gasteiger partial charge on any atom is 0.163 e. The molecule has 0 aliphatic rings. The van der Waals surface area contributed by atoms with Crippen LogP contribution in [0.2, 0.25) is 0 Å². The molecule has 0 fully saturated rings. The predicted molar refractivity (Wildman–Crippen MR) is 74.0 cm³/mol. The average Bonchev–Trinajstić information content (AvgIpc) is 2.40. The van der Waals surface area contributed by atoms with Gasteiger partial charge in [0.1, 0.15) is 23.9 Å². The molecule has 94 valence electrons. The summed E-state index contributed by atoms with van der Waals surface area (Å²) in [6.07, 6.45) is 0. The number of halogens is 3. The smallest absolute Gasteiger partial charge is 0.163 e. The number of nitrogens with zero attached hydrogens (tertiary/aromatic N) is 3. The Balaban J connectivity index is 3.41. The fraction of sp³-hybridized carbons (Fsp3) is 0.0833. The van der Waals surface area contributed by atoms with E-state index in [-0.39, 0.29) is 11.4 Å². The Labute approximate surface area is 126 Å². The second kappa shape index (κ2) is 6.33. The summed E-state index contributed by atoms with van der Waals surface area (Å²) in [6, 6.07) is 6.42. The van der Waals surface area contributed by atoms with Crippen LogP contribution in [-0.2, 0) is 0 Å². The third-order valence-electron chi connectivity index (χ3n) is 2.23. The Morgan fingerprint density at radius 2 is 1.74 bits per heavy atom. The van der Waals surface area contributed by atoms with Crippen molar-refractivity contribution >= 4 is 37.5 Å². The molecule has 1 aromatic carbocycles. The number of allylic oxidation sites excluding steroid dienone is 2. The van der Waals surface area contributed by atoms with Crippen LogP contribution in [0.25, 0.3) is 0 Å². The topological polar surface area (TPSA) is 83.4 Å². The Morgan fingerprint density at radius 3 is 2.21 bits per heavy atom. The molecule has 1 N–H and O–H groups in total. The van der Waals surface area contributed by atoms with E-state index in [9.17, 15) is 4.39 Å². The summed E-state index contributed by atoms with van der Waals surface area (Å²) < 4.78 is 15.0. The predicted octanol–water partition coefficient (Wildman–Crippen LogP) is 3.90. The fourth-order valence-electron chi connectivity index (χ4n) is 1.21. The number of hydrogen-bond acceptors (Lipinski definition) is 4. The van der Waals surface area contributed by atoms with Crippen LogP contribution in [0, 0.1) is 46.7 Å². The molecular weight excluding hydrogens is 379 g/mol. The maximum atomic E-state index is 14.1. The van der Waals surface area contributed by atoms with Gasteiger partial charge in [-0.3, -0.25) is 0 Å². The van der Waals surface area contributed by atoms with E-state index in [1.165, 1.54) is 0 Å². The van der Waals surface area contributed by atoms with Crippen LogP contribution in [-0.4, -0.2) is 0 Å². The SMILES string of the molecule is Cc1c(Br)cc(Br)c(NC(C#N)=C(C#N)C#N)c1F. The van der Waals surface area contributed by atoms with Gasteiger partial charge in [-0.25, -0.2) is 4.39 Å². The first-order chi connectivity index (χ1) is 8.96. The Bertz CT molecular complexity index is 674. The second-order valence-corrected chi connectivity index (χ2v) is 5.07. The lowest BCUT2D eigenvalue weighted by atomic mass is 10.2. The highest BCUT2D eigenvalue weighted by molar-refractivity contribution is 9.11. The Morgan fingerprint density at radius 1 is 1.16 bits per heavy atom. The van der Waals surface area contributed by atoms with Crippen LogP contribution in [0.3, 0.4) is 0 Å². The van der Waals surface area contributed by atoms with Crippen molar-refractivity contribution in [2.45, 2.75) is 6.92 Å². The van der Waals surface area contributed by atoms with E-state index in [0.717, 1.165) is 0 Å². The zero-order valence-electron chi connectivity index (χ0n) is 9.55. The van der Waals surface area contributed by atoms with Crippen LogP contribution >= 0.6 is 31.9 Å². The van der Waals surface area contributed by atoms with Gasteiger partial charge in [-0.15, -0.1) is 0 Å². The van der Waals surface area contributed by atoms with Gasteiger partial charge in [0, 0.05) is 14.5 Å². The van der Waals surface area contributed by atoms with Gasteiger partial charge >= 0.3 is 0 Å². The highest BCUT2D eigenvalue weighted by Crippen LogP contribution is 2.34. The quantitative estimate of drug-likeness (QED) is 0.785. The molecule has 0 spiro atoms. The molecular formula is C12H5Br2FN4. The normalized spacial score (nSPS) is 8.89. The Hall–Kier alpha value is -1.88. The standard InChI is InChI=1S/C12H5Br2FN4/c1-6-8(13)2-9(14)12(11(6)15)19-10(5-18)7(3-16)4-17/h2,19H,1H3. The summed E-state index contributed by atoms with van der Waals surface area (Å²) in [7, 11) is 0. The maximum absolute atomic E-state index is 14.1. The lowest BCUT2D eigenvalue weighted by Gasteiger charge is -2.11. The first kappa shape index (κ1) is 15.2. The number of rotatable bonds is 2. The molecule has 0 aliphatic carbocycles. The van der Waals surface area contributed by atoms with E-state index in [4.69, 9.17) is 15.8 Å². The minimum atomic E-state index is -0.579. The van der Waals surface area contributed by atoms with Crippen LogP contribution in [0.5, 0.6) is 0 Å². The van der Waals surface area contributed by atoms with Gasteiger partial charge in [0.2, 0.25) is 0 Å². The largest absolute Gasteiger partial charge is 0.342 e. The summed E-state index contributed by atoms with van der Waals surface area (Å²) >= 11 is 6.34. The third kappa shape index (κ3) is 3.12. The van der Waals surface area contributed by atoms with Gasteiger partial charge in [-0.2, -0.15) is 15.8 Å². The summed E-state index contributed by atoms with van der Waals surface area (Å²) in [4.78, 5) is 0. The first-order valence-corrected chi connectivity index (χ1v) is 6.40. The van der Waals surface area contributed by atoms with E-state index in [1.54, 1.807) is 31.2 Å². The van der Waals surface area contributed by atoms with Crippen molar-refractivity contribution in [2.75, 3.05) is 5.32 Å². The van der Waals surface area contributed by atoms with Gasteiger partial charge in [-0.1, -0.05) is 15.9 Å². The summed E-state index contributed by atoms with van der Waals surface area (Å²) in [5, 5.41) is 28.8. The minimum absolute atomic E-state index is 0.000231. The minimum Gasteiger partial charge on any atom is -0.342 e. The van der Waals surface area contributed by atoms with E-state index in [0.29, 0.717) is 14.5 Å². The van der Waals surface area contributed by atoms with Crippen LogP contribution in [0.15, 0.2) is 26.3 Å². The molecule has 0 saturated heterocycles. The zero-order chi connectivity index (χ0) is 14.6. The number of hydrogen-bond donors (Lipinski definition) is 1. The van der Waals surface area contributed by atoms with Crippen molar-refractivity contribution in [3.63, 3.8) is 0 Å². The Kier molecular flexibility index (Phi) is 5.06. The van der Waals surface area contributed by atoms with E-state index in [2.05, 4.69) is 37.2 Å². The zero-order valence-corrected chi connectivity index (χ0v) is 12.7. The molecule has 1 rings (SSSR count). The van der Waals surface area contributed by atoms with Gasteiger partial charge < -0.3 is 5.32 Å². The molecule has 0 radical (unpaired) electrons. The third-order valence-corrected chi connectivity index (χ3v) is 3.68. The van der Waals surface area contributed by atoms with Crippen molar-refractivity contribution in [1.29, 1.82) is 15.8 Å². The molecule has 0 unspecified atom stereocenters. The molecule has 19 heavy (non-hydrogen) atoms. The number of benzene rings is 1. The van der Waals surface area contributed by atoms with Crippen molar-refractivity contribution in [1.82, 2.24) is 0 Å². The van der Waals surface area contributed by atoms with Crippen LogP contribution in [0.4, 0.5) is 10.1 Å². The average molecular weight is 384 g/mol. The van der Waals surface area contributed by atoms with Crippen molar-refractivity contribution in [3.8, 4) is 18.2 Å².